The molecule has 0 bridgehead atoms. The maximum atomic E-state index is 14.4. The normalized spacial score (nSPS) is 25.0. The molecule has 2 fully saturated rings. The summed E-state index contributed by atoms with van der Waals surface area (Å²) in [6, 6.07) is 6.59. The summed E-state index contributed by atoms with van der Waals surface area (Å²) in [5, 5.41) is 0. The fourth-order valence-electron chi connectivity index (χ4n) is 5.37. The van der Waals surface area contributed by atoms with Gasteiger partial charge in [0.25, 0.3) is 0 Å². The zero-order valence-corrected chi connectivity index (χ0v) is 21.6. The Bertz CT molecular complexity index is 1060. The minimum atomic E-state index is -3.71. The number of benzene rings is 1. The van der Waals surface area contributed by atoms with Crippen LogP contribution in [0.5, 0.6) is 5.75 Å². The molecule has 10 heteroatoms. The van der Waals surface area contributed by atoms with Gasteiger partial charge in [-0.1, -0.05) is 6.92 Å². The van der Waals surface area contributed by atoms with E-state index in [1.165, 1.54) is 27.1 Å². The number of aryl methyl sites for hydroxylation is 1. The van der Waals surface area contributed by atoms with E-state index in [-0.39, 0.29) is 5.75 Å². The predicted molar refractivity (Wildman–Crippen MR) is 134 cm³/mol. The molecule has 3 aliphatic heterocycles. The monoisotopic (exact) mass is 510 g/mol. The lowest BCUT2D eigenvalue weighted by molar-refractivity contribution is -0.161. The maximum absolute atomic E-state index is 14.4. The number of piperazine rings is 1. The highest BCUT2D eigenvalue weighted by Crippen LogP contribution is 2.56. The number of nitrogens with zero attached hydrogens (tertiary/aromatic N) is 4. The quantitative estimate of drug-likeness (QED) is 0.553. The van der Waals surface area contributed by atoms with E-state index in [9.17, 15) is 13.2 Å². The van der Waals surface area contributed by atoms with Gasteiger partial charge in [0.15, 0.2) is 0 Å². The van der Waals surface area contributed by atoms with Crippen LogP contribution in [0.4, 0.5) is 18.9 Å². The molecule has 2 atom stereocenters. The average Bonchev–Trinajstić information content (AvgIpc) is 3.27. The highest BCUT2D eigenvalue weighted by molar-refractivity contribution is 7.18. The van der Waals surface area contributed by atoms with E-state index in [0.29, 0.717) is 5.69 Å². The van der Waals surface area contributed by atoms with Crippen molar-refractivity contribution < 1.29 is 22.6 Å². The summed E-state index contributed by atoms with van der Waals surface area (Å²) in [6.45, 7) is 13.8. The number of aromatic nitrogens is 1. The van der Waals surface area contributed by atoms with Crippen LogP contribution in [0.2, 0.25) is 0 Å². The third-order valence-corrected chi connectivity index (χ3v) is 7.88. The minimum Gasteiger partial charge on any atom is -0.449 e. The molecule has 0 spiro atoms. The first-order valence-corrected chi connectivity index (χ1v) is 13.0. The van der Waals surface area contributed by atoms with E-state index < -0.39 is 17.1 Å². The number of hydrogen-bond donors (Lipinski definition) is 0. The van der Waals surface area contributed by atoms with Gasteiger partial charge in [-0.05, 0) is 40.8 Å². The number of rotatable bonds is 6. The van der Waals surface area contributed by atoms with Crippen LogP contribution in [-0.2, 0) is 17.1 Å². The second kappa shape index (κ2) is 9.58. The van der Waals surface area contributed by atoms with E-state index in [2.05, 4.69) is 32.3 Å². The number of ether oxygens (including phenoxy) is 2. The van der Waals surface area contributed by atoms with Gasteiger partial charge >= 0.3 is 11.5 Å². The topological polar surface area (TPSA) is 33.1 Å². The number of hydrogen-bond acceptors (Lipinski definition) is 5. The van der Waals surface area contributed by atoms with Crippen molar-refractivity contribution in [1.29, 1.82) is 0 Å². The third-order valence-electron chi connectivity index (χ3n) is 7.40. The molecule has 0 radical (unpaired) electrons. The van der Waals surface area contributed by atoms with Gasteiger partial charge in [-0.3, -0.25) is 9.80 Å². The van der Waals surface area contributed by atoms with Crippen LogP contribution in [0.15, 0.2) is 24.3 Å². The highest BCUT2D eigenvalue weighted by atomic mass is 31.0. The fraction of sp³-hybridized carbons (Fsp3) is 0.600. The van der Waals surface area contributed by atoms with Crippen LogP contribution >= 0.6 is 9.24 Å². The molecule has 4 heterocycles. The van der Waals surface area contributed by atoms with Gasteiger partial charge in [0.05, 0.1) is 24.5 Å². The van der Waals surface area contributed by atoms with Crippen molar-refractivity contribution in [3.8, 4) is 11.4 Å². The number of anilines is 1. The third kappa shape index (κ3) is 4.57. The predicted octanol–water partition coefficient (Wildman–Crippen LogP) is 3.78. The van der Waals surface area contributed by atoms with Crippen molar-refractivity contribution in [3.05, 3.63) is 41.2 Å². The van der Waals surface area contributed by atoms with Crippen LogP contribution in [-0.4, -0.2) is 85.5 Å². The molecule has 35 heavy (non-hydrogen) atoms. The smallest absolute Gasteiger partial charge is 0.348 e. The van der Waals surface area contributed by atoms with Gasteiger partial charge in [-0.25, -0.2) is 0 Å². The van der Waals surface area contributed by atoms with E-state index >= 15 is 0 Å². The Labute approximate surface area is 207 Å². The van der Waals surface area contributed by atoms with Crippen molar-refractivity contribution >= 4 is 14.9 Å². The summed E-state index contributed by atoms with van der Waals surface area (Å²) in [7, 11) is 1.50. The van der Waals surface area contributed by atoms with Gasteiger partial charge < -0.3 is 18.9 Å². The van der Waals surface area contributed by atoms with Crippen molar-refractivity contribution in [3.63, 3.8) is 0 Å². The lowest BCUT2D eigenvalue weighted by Crippen LogP contribution is -2.49. The Morgan fingerprint density at radius 2 is 1.60 bits per heavy atom. The Kier molecular flexibility index (Phi) is 6.81. The SMILES string of the molecule is CCc1c(N2CCN(CCN3CCOCC3)CC2)cc(C)n1-c1ccc2c(c1)OC(F)(P)C2(F)F. The highest BCUT2D eigenvalue weighted by Gasteiger charge is 2.61. The maximum Gasteiger partial charge on any atom is 0.348 e. The Hall–Kier alpha value is -1.80. The first-order chi connectivity index (χ1) is 16.7. The Morgan fingerprint density at radius 1 is 0.943 bits per heavy atom. The van der Waals surface area contributed by atoms with Crippen molar-refractivity contribution in [2.75, 3.05) is 70.5 Å². The molecule has 0 amide bonds. The molecule has 2 aromatic rings. The molecule has 192 valence electrons. The molecule has 1 aromatic heterocycles. The molecular weight excluding hydrogens is 476 g/mol. The lowest BCUT2D eigenvalue weighted by atomic mass is 10.1. The molecule has 1 aromatic carbocycles. The summed E-state index contributed by atoms with van der Waals surface area (Å²) in [5.74, 6) is -3.83. The summed E-state index contributed by atoms with van der Waals surface area (Å²) in [5.41, 5.74) is 0.456. The van der Waals surface area contributed by atoms with Gasteiger partial charge in [-0.15, -0.1) is 0 Å². The number of fused-ring (bicyclic) bond motifs is 1. The molecule has 0 saturated carbocycles. The van der Waals surface area contributed by atoms with E-state index in [1.807, 2.05) is 6.92 Å². The van der Waals surface area contributed by atoms with E-state index in [0.717, 1.165) is 83.4 Å². The molecule has 2 saturated heterocycles. The standard InChI is InChI=1S/C25H34F3N4O2P/c1-3-21-22(31-10-8-29(9-11-31)6-7-30-12-14-33-15-13-30)16-18(2)32(21)19-4-5-20-23(17-19)34-25(28,35)24(20,26)27/h4-5,16-17H,3,6-15,35H2,1-2H3. The number of morpholine rings is 1. The van der Waals surface area contributed by atoms with Crippen LogP contribution in [0, 0.1) is 6.92 Å². The van der Waals surface area contributed by atoms with Crippen LogP contribution in [0.3, 0.4) is 0 Å². The summed E-state index contributed by atoms with van der Waals surface area (Å²) in [6.07, 6.45) is 0.783. The first kappa shape index (κ1) is 24.9. The van der Waals surface area contributed by atoms with Crippen LogP contribution in [0.25, 0.3) is 5.69 Å². The molecule has 2 unspecified atom stereocenters. The summed E-state index contributed by atoms with van der Waals surface area (Å²) in [4.78, 5) is 7.40. The van der Waals surface area contributed by atoms with Gasteiger partial charge in [0.1, 0.15) is 5.75 Å². The molecule has 3 aliphatic rings. The Morgan fingerprint density at radius 3 is 2.26 bits per heavy atom. The summed E-state index contributed by atoms with van der Waals surface area (Å²) < 4.78 is 55.6. The molecule has 6 nitrogen and oxygen atoms in total. The molecule has 0 N–H and O–H groups in total. The number of halogens is 3. The number of alkyl halides is 3. The van der Waals surface area contributed by atoms with E-state index in [4.69, 9.17) is 9.47 Å². The zero-order valence-electron chi connectivity index (χ0n) is 20.4. The van der Waals surface area contributed by atoms with E-state index in [1.54, 1.807) is 6.07 Å². The summed E-state index contributed by atoms with van der Waals surface area (Å²) >= 11 is 0. The van der Waals surface area contributed by atoms with Gasteiger partial charge in [0.2, 0.25) is 0 Å². The lowest BCUT2D eigenvalue weighted by Gasteiger charge is -2.37. The molecule has 0 aliphatic carbocycles. The van der Waals surface area contributed by atoms with Gasteiger partial charge in [-0.2, -0.15) is 13.2 Å². The largest absolute Gasteiger partial charge is 0.449 e. The fourth-order valence-corrected chi connectivity index (χ4v) is 5.65. The van der Waals surface area contributed by atoms with Crippen molar-refractivity contribution in [2.45, 2.75) is 31.8 Å². The molecular formula is C25H34F3N4O2P. The molecule has 5 rings (SSSR count). The zero-order chi connectivity index (χ0) is 24.8. The first-order valence-electron chi connectivity index (χ1n) is 12.4. The van der Waals surface area contributed by atoms with Crippen LogP contribution in [0.1, 0.15) is 23.9 Å². The van der Waals surface area contributed by atoms with Gasteiger partial charge in [0, 0.05) is 75.5 Å². The second-order valence-electron chi connectivity index (χ2n) is 9.59. The Balaban J connectivity index is 1.31. The second-order valence-corrected chi connectivity index (χ2v) is 10.3. The van der Waals surface area contributed by atoms with Crippen molar-refractivity contribution in [1.82, 2.24) is 14.4 Å². The minimum absolute atomic E-state index is 0.115. The van der Waals surface area contributed by atoms with Crippen molar-refractivity contribution in [2.24, 2.45) is 0 Å². The van der Waals surface area contributed by atoms with Crippen LogP contribution < -0.4 is 9.64 Å². The average molecular weight is 511 g/mol.